The Morgan fingerprint density at radius 2 is 1.45 bits per heavy atom. The average molecular weight is 156 g/mol. The lowest BCUT2D eigenvalue weighted by Crippen LogP contribution is -1.96. The molecular formula is C8H12O3. The Hall–Kier alpha value is -1.12. The van der Waals surface area contributed by atoms with E-state index in [0.29, 0.717) is 0 Å². The summed E-state index contributed by atoms with van der Waals surface area (Å²) in [5.74, 6) is -1.16. The molecule has 0 aliphatic carbocycles. The molecule has 0 radical (unpaired) electrons. The van der Waals surface area contributed by atoms with Crippen LogP contribution in [0.3, 0.4) is 0 Å². The van der Waals surface area contributed by atoms with E-state index in [4.69, 9.17) is 0 Å². The van der Waals surface area contributed by atoms with E-state index in [9.17, 15) is 9.59 Å². The van der Waals surface area contributed by atoms with Crippen molar-refractivity contribution in [3.8, 4) is 0 Å². The minimum absolute atomic E-state index is 0.579. The molecule has 3 heteroatoms. The van der Waals surface area contributed by atoms with Gasteiger partial charge in [0.25, 0.3) is 0 Å². The third kappa shape index (κ3) is 5.33. The molecule has 1 rings (SSSR count). The first-order valence-electron chi connectivity index (χ1n) is 3.64. The predicted octanol–water partition coefficient (Wildman–Crippen LogP) is 1.43. The summed E-state index contributed by atoms with van der Waals surface area (Å²) in [6.07, 6.45) is 4.81. The number of carbonyl (C=O) groups excluding carboxylic acids is 2. The third-order valence-electron chi connectivity index (χ3n) is 1.06. The van der Waals surface area contributed by atoms with Crippen LogP contribution in [-0.4, -0.2) is 11.9 Å². The predicted molar refractivity (Wildman–Crippen MR) is 40.8 cm³/mol. The van der Waals surface area contributed by atoms with Crippen LogP contribution in [0.1, 0.15) is 26.7 Å². The van der Waals surface area contributed by atoms with Gasteiger partial charge < -0.3 is 4.74 Å². The molecule has 62 valence electrons. The monoisotopic (exact) mass is 156 g/mol. The number of hydrogen-bond acceptors (Lipinski definition) is 3. The lowest BCUT2D eigenvalue weighted by atomic mass is 10.4. The van der Waals surface area contributed by atoms with Crippen LogP contribution >= 0.6 is 0 Å². The summed E-state index contributed by atoms with van der Waals surface area (Å²) in [6.45, 7) is 4.36. The molecule has 0 atom stereocenters. The Labute approximate surface area is 66.0 Å². The summed E-state index contributed by atoms with van der Waals surface area (Å²) in [7, 11) is 0. The van der Waals surface area contributed by atoms with Crippen molar-refractivity contribution in [1.82, 2.24) is 0 Å². The van der Waals surface area contributed by atoms with Crippen molar-refractivity contribution >= 4 is 11.9 Å². The van der Waals surface area contributed by atoms with Gasteiger partial charge in [0.05, 0.1) is 0 Å². The van der Waals surface area contributed by atoms with E-state index in [1.165, 1.54) is 12.8 Å². The molecule has 1 aliphatic heterocycles. The summed E-state index contributed by atoms with van der Waals surface area (Å²) < 4.78 is 3.97. The van der Waals surface area contributed by atoms with Crippen LogP contribution in [-0.2, 0) is 14.3 Å². The standard InChI is InChI=1S/C4H2O3.C4H10/c5-3-1-2-4(6)7-3;1-3-4-2/h1-2H;3-4H2,1-2H3. The van der Waals surface area contributed by atoms with E-state index < -0.39 is 11.9 Å². The van der Waals surface area contributed by atoms with Crippen LogP contribution in [0, 0.1) is 0 Å². The largest absolute Gasteiger partial charge is 0.387 e. The van der Waals surface area contributed by atoms with Crippen molar-refractivity contribution in [1.29, 1.82) is 0 Å². The van der Waals surface area contributed by atoms with Gasteiger partial charge in [0.2, 0.25) is 0 Å². The molecular weight excluding hydrogens is 144 g/mol. The first-order valence-corrected chi connectivity index (χ1v) is 3.64. The quantitative estimate of drug-likeness (QED) is 0.426. The normalized spacial score (nSPS) is 14.0. The highest BCUT2D eigenvalue weighted by atomic mass is 16.6. The van der Waals surface area contributed by atoms with E-state index in [0.717, 1.165) is 12.2 Å². The summed E-state index contributed by atoms with van der Waals surface area (Å²) in [5, 5.41) is 0. The van der Waals surface area contributed by atoms with Crippen molar-refractivity contribution in [2.45, 2.75) is 26.7 Å². The first kappa shape index (κ1) is 9.88. The van der Waals surface area contributed by atoms with E-state index in [1.54, 1.807) is 0 Å². The fourth-order valence-corrected chi connectivity index (χ4v) is 0.303. The highest BCUT2D eigenvalue weighted by Gasteiger charge is 2.10. The van der Waals surface area contributed by atoms with E-state index >= 15 is 0 Å². The van der Waals surface area contributed by atoms with Crippen LogP contribution in [0.4, 0.5) is 0 Å². The molecule has 1 heterocycles. The lowest BCUT2D eigenvalue weighted by Gasteiger charge is -1.80. The molecule has 0 aromatic carbocycles. The minimum Gasteiger partial charge on any atom is -0.387 e. The smallest absolute Gasteiger partial charge is 0.338 e. The molecule has 0 amide bonds. The van der Waals surface area contributed by atoms with Gasteiger partial charge in [-0.3, -0.25) is 0 Å². The Bertz CT molecular complexity index is 152. The van der Waals surface area contributed by atoms with E-state index in [2.05, 4.69) is 18.6 Å². The zero-order valence-electron chi connectivity index (χ0n) is 6.79. The summed E-state index contributed by atoms with van der Waals surface area (Å²) in [6, 6.07) is 0. The first-order chi connectivity index (χ1) is 5.20. The molecule has 0 aromatic rings. The molecule has 11 heavy (non-hydrogen) atoms. The highest BCUT2D eigenvalue weighted by molar-refractivity contribution is 6.04. The maximum Gasteiger partial charge on any atom is 0.338 e. The second-order valence-corrected chi connectivity index (χ2v) is 2.07. The van der Waals surface area contributed by atoms with Crippen LogP contribution in [0.5, 0.6) is 0 Å². The summed E-state index contributed by atoms with van der Waals surface area (Å²) >= 11 is 0. The van der Waals surface area contributed by atoms with Crippen molar-refractivity contribution in [2.24, 2.45) is 0 Å². The molecule has 0 saturated carbocycles. The number of hydrogen-bond donors (Lipinski definition) is 0. The van der Waals surface area contributed by atoms with Gasteiger partial charge >= 0.3 is 11.9 Å². The molecule has 0 aromatic heterocycles. The number of rotatable bonds is 1. The maximum atomic E-state index is 9.92. The summed E-state index contributed by atoms with van der Waals surface area (Å²) in [5.41, 5.74) is 0. The lowest BCUT2D eigenvalue weighted by molar-refractivity contribution is -0.150. The van der Waals surface area contributed by atoms with Crippen LogP contribution in [0.15, 0.2) is 12.2 Å². The number of ether oxygens (including phenoxy) is 1. The van der Waals surface area contributed by atoms with Crippen molar-refractivity contribution in [2.75, 3.05) is 0 Å². The van der Waals surface area contributed by atoms with E-state index in [1.807, 2.05) is 0 Å². The second kappa shape index (κ2) is 5.65. The van der Waals surface area contributed by atoms with Gasteiger partial charge in [-0.1, -0.05) is 26.7 Å². The van der Waals surface area contributed by atoms with Gasteiger partial charge in [-0.2, -0.15) is 0 Å². The molecule has 1 aliphatic rings. The van der Waals surface area contributed by atoms with Gasteiger partial charge in [0.1, 0.15) is 0 Å². The highest BCUT2D eigenvalue weighted by Crippen LogP contribution is 1.92. The molecule has 0 fully saturated rings. The van der Waals surface area contributed by atoms with Gasteiger partial charge in [0.15, 0.2) is 0 Å². The summed E-state index contributed by atoms with van der Waals surface area (Å²) in [4.78, 5) is 19.8. The molecule has 3 nitrogen and oxygen atoms in total. The molecule has 0 N–H and O–H groups in total. The zero-order valence-corrected chi connectivity index (χ0v) is 6.79. The van der Waals surface area contributed by atoms with E-state index in [-0.39, 0.29) is 0 Å². The Kier molecular flexibility index (Phi) is 5.07. The van der Waals surface area contributed by atoms with Crippen molar-refractivity contribution < 1.29 is 14.3 Å². The topological polar surface area (TPSA) is 43.4 Å². The Morgan fingerprint density at radius 1 is 1.09 bits per heavy atom. The van der Waals surface area contributed by atoms with Crippen molar-refractivity contribution in [3.05, 3.63) is 12.2 Å². The number of unbranched alkanes of at least 4 members (excludes halogenated alkanes) is 1. The third-order valence-corrected chi connectivity index (χ3v) is 1.06. The number of carbonyl (C=O) groups is 2. The molecule has 0 saturated heterocycles. The number of esters is 2. The second-order valence-electron chi connectivity index (χ2n) is 2.07. The van der Waals surface area contributed by atoms with Gasteiger partial charge in [0, 0.05) is 12.2 Å². The Morgan fingerprint density at radius 3 is 1.55 bits per heavy atom. The molecule has 0 unspecified atom stereocenters. The van der Waals surface area contributed by atoms with Gasteiger partial charge in [-0.25, -0.2) is 9.59 Å². The van der Waals surface area contributed by atoms with Gasteiger partial charge in [-0.15, -0.1) is 0 Å². The van der Waals surface area contributed by atoms with Crippen LogP contribution in [0.25, 0.3) is 0 Å². The molecule has 0 spiro atoms. The van der Waals surface area contributed by atoms with Gasteiger partial charge in [-0.05, 0) is 0 Å². The van der Waals surface area contributed by atoms with Crippen molar-refractivity contribution in [3.63, 3.8) is 0 Å². The van der Waals surface area contributed by atoms with Crippen LogP contribution in [0.2, 0.25) is 0 Å². The average Bonchev–Trinajstić information content (AvgIpc) is 2.35. The Balaban J connectivity index is 0.000000218. The SMILES string of the molecule is CCCC.O=C1C=CC(=O)O1. The maximum absolute atomic E-state index is 9.92. The fourth-order valence-electron chi connectivity index (χ4n) is 0.303. The fraction of sp³-hybridized carbons (Fsp3) is 0.500. The molecule has 0 bridgehead atoms. The van der Waals surface area contributed by atoms with Crippen LogP contribution < -0.4 is 0 Å². The minimum atomic E-state index is -0.579. The number of cyclic esters (lactones) is 2. The zero-order chi connectivity index (χ0) is 8.69.